The normalized spacial score (nSPS) is 11.2. The average Bonchev–Trinajstić information content (AvgIpc) is 2.41. The first-order valence-corrected chi connectivity index (χ1v) is 6.83. The van der Waals surface area contributed by atoms with Gasteiger partial charge in [-0.1, -0.05) is 0 Å². The summed E-state index contributed by atoms with van der Waals surface area (Å²) in [6.07, 6.45) is 2.76. The van der Waals surface area contributed by atoms with Gasteiger partial charge in [-0.25, -0.2) is 0 Å². The van der Waals surface area contributed by atoms with Crippen molar-refractivity contribution in [1.29, 1.82) is 0 Å². The fourth-order valence-electron chi connectivity index (χ4n) is 1.12. The molecule has 6 nitrogen and oxygen atoms in total. The second-order valence-corrected chi connectivity index (χ2v) is 4.75. The minimum absolute atomic E-state index is 0. The fraction of sp³-hybridized carbons (Fsp3) is 0.636. The van der Waals surface area contributed by atoms with E-state index in [1.165, 1.54) is 0 Å². The Morgan fingerprint density at radius 1 is 0.850 bits per heavy atom. The maximum atomic E-state index is 4.92. The van der Waals surface area contributed by atoms with Gasteiger partial charge >= 0.3 is 0 Å². The Bertz CT molecular complexity index is 336. The molecule has 1 radical (unpaired) electrons. The summed E-state index contributed by atoms with van der Waals surface area (Å²) in [5.41, 5.74) is 7.52. The van der Waals surface area contributed by atoms with E-state index in [1.807, 2.05) is 13.8 Å². The third-order valence-electron chi connectivity index (χ3n) is 2.23. The number of nitrogens with one attached hydrogen (secondary N) is 4. The van der Waals surface area contributed by atoms with E-state index in [0.29, 0.717) is 10.2 Å². The number of nitrogens with zero attached hydrogens (tertiary/aromatic N) is 2. The topological polar surface area (TPSA) is 72.8 Å². The van der Waals surface area contributed by atoms with Crippen LogP contribution in [-0.4, -0.2) is 35.7 Å². The monoisotopic (exact) mass is 365 g/mol. The molecule has 9 heteroatoms. The molecule has 0 aliphatic rings. The van der Waals surface area contributed by atoms with Crippen LogP contribution in [-0.2, 0) is 17.1 Å². The Balaban J connectivity index is 0. The fourth-order valence-corrected chi connectivity index (χ4v) is 1.21. The van der Waals surface area contributed by atoms with Crippen LogP contribution in [0.3, 0.4) is 0 Å². The smallest absolute Gasteiger partial charge is 0.186 e. The van der Waals surface area contributed by atoms with Crippen molar-refractivity contribution in [2.24, 2.45) is 10.2 Å². The van der Waals surface area contributed by atoms with Crippen LogP contribution in [0.4, 0.5) is 0 Å². The Hall–Kier alpha value is -0.761. The van der Waals surface area contributed by atoms with E-state index in [-0.39, 0.29) is 17.1 Å². The van der Waals surface area contributed by atoms with Crippen LogP contribution in [0.2, 0.25) is 0 Å². The van der Waals surface area contributed by atoms with E-state index in [0.717, 1.165) is 30.7 Å². The molecule has 0 saturated carbocycles. The van der Waals surface area contributed by atoms with Crippen LogP contribution in [0.15, 0.2) is 10.2 Å². The molecule has 0 saturated heterocycles. The van der Waals surface area contributed by atoms with Crippen molar-refractivity contribution in [2.75, 3.05) is 14.1 Å². The SMILES string of the molecule is CNC(=S)NN=C(C)CCCC(C)=NNC(=S)NC.[Cu]. The van der Waals surface area contributed by atoms with Crippen LogP contribution in [0.1, 0.15) is 33.1 Å². The largest absolute Gasteiger partial charge is 0.364 e. The summed E-state index contributed by atoms with van der Waals surface area (Å²) in [4.78, 5) is 0. The van der Waals surface area contributed by atoms with E-state index in [9.17, 15) is 0 Å². The van der Waals surface area contributed by atoms with Crippen LogP contribution in [0.25, 0.3) is 0 Å². The van der Waals surface area contributed by atoms with Crippen molar-refractivity contribution < 1.29 is 17.1 Å². The molecular weight excluding hydrogens is 344 g/mol. The summed E-state index contributed by atoms with van der Waals surface area (Å²) in [6.45, 7) is 3.93. The van der Waals surface area contributed by atoms with Gasteiger partial charge in [0.1, 0.15) is 0 Å². The Morgan fingerprint density at radius 3 is 1.50 bits per heavy atom. The molecule has 0 aromatic rings. The Morgan fingerprint density at radius 2 is 1.20 bits per heavy atom. The van der Waals surface area contributed by atoms with Crippen molar-refractivity contribution in [3.63, 3.8) is 0 Å². The van der Waals surface area contributed by atoms with Crippen LogP contribution in [0, 0.1) is 0 Å². The summed E-state index contributed by atoms with van der Waals surface area (Å²) in [6, 6.07) is 0. The first-order chi connectivity index (χ1) is 8.99. The third-order valence-corrected chi connectivity index (χ3v) is 2.82. The van der Waals surface area contributed by atoms with Gasteiger partial charge in [-0.15, -0.1) is 0 Å². The number of hydrogen-bond acceptors (Lipinski definition) is 4. The van der Waals surface area contributed by atoms with E-state index in [1.54, 1.807) is 14.1 Å². The first kappa shape index (κ1) is 21.5. The van der Waals surface area contributed by atoms with Gasteiger partial charge in [-0.05, 0) is 57.5 Å². The zero-order valence-electron chi connectivity index (χ0n) is 12.1. The van der Waals surface area contributed by atoms with E-state index in [2.05, 4.69) is 31.7 Å². The van der Waals surface area contributed by atoms with Gasteiger partial charge < -0.3 is 10.6 Å². The van der Waals surface area contributed by atoms with Crippen LogP contribution < -0.4 is 21.5 Å². The number of hydrazone groups is 2. The molecule has 0 aliphatic carbocycles. The molecule has 0 spiro atoms. The zero-order valence-corrected chi connectivity index (χ0v) is 14.7. The van der Waals surface area contributed by atoms with E-state index in [4.69, 9.17) is 24.4 Å². The van der Waals surface area contributed by atoms with Crippen molar-refractivity contribution in [1.82, 2.24) is 21.5 Å². The molecule has 0 aromatic heterocycles. The molecule has 0 atom stereocenters. The quantitative estimate of drug-likeness (QED) is 0.244. The molecular formula is C11H22CuN6S2. The van der Waals surface area contributed by atoms with Crippen LogP contribution >= 0.6 is 24.4 Å². The van der Waals surface area contributed by atoms with Gasteiger partial charge in [0.05, 0.1) is 0 Å². The summed E-state index contributed by atoms with van der Waals surface area (Å²) in [7, 11) is 3.51. The standard InChI is InChI=1S/C11H22N6S2.Cu/c1-8(14-16-10(18)12-3)6-5-7-9(2)15-17-11(19)13-4;/h5-7H2,1-4H3,(H2,12,16,18)(H2,13,17,19);. The van der Waals surface area contributed by atoms with Crippen molar-refractivity contribution in [3.8, 4) is 0 Å². The van der Waals surface area contributed by atoms with Gasteiger partial charge in [-0.2, -0.15) is 10.2 Å². The maximum Gasteiger partial charge on any atom is 0.186 e. The van der Waals surface area contributed by atoms with Crippen LogP contribution in [0.5, 0.6) is 0 Å². The second-order valence-electron chi connectivity index (χ2n) is 3.93. The molecule has 119 valence electrons. The van der Waals surface area contributed by atoms with E-state index >= 15 is 0 Å². The molecule has 0 heterocycles. The molecule has 0 amide bonds. The molecule has 4 N–H and O–H groups in total. The van der Waals surface area contributed by atoms with Gasteiger partial charge in [-0.3, -0.25) is 10.9 Å². The number of rotatable bonds is 6. The number of hydrogen-bond donors (Lipinski definition) is 4. The predicted molar refractivity (Wildman–Crippen MR) is 89.7 cm³/mol. The molecule has 0 aliphatic heterocycles. The third kappa shape index (κ3) is 12.3. The minimum atomic E-state index is 0. The zero-order chi connectivity index (χ0) is 14.7. The predicted octanol–water partition coefficient (Wildman–Crippen LogP) is 1.09. The molecule has 0 unspecified atom stereocenters. The van der Waals surface area contributed by atoms with Gasteiger partial charge in [0.2, 0.25) is 0 Å². The molecule has 0 fully saturated rings. The van der Waals surface area contributed by atoms with Gasteiger partial charge in [0.15, 0.2) is 10.2 Å². The summed E-state index contributed by atoms with van der Waals surface area (Å²) in [5, 5.41) is 14.9. The maximum absolute atomic E-state index is 4.92. The molecule has 0 bridgehead atoms. The van der Waals surface area contributed by atoms with Gasteiger partial charge in [0.25, 0.3) is 0 Å². The second kappa shape index (κ2) is 13.2. The summed E-state index contributed by atoms with van der Waals surface area (Å²) < 4.78 is 0. The summed E-state index contributed by atoms with van der Waals surface area (Å²) >= 11 is 9.85. The first-order valence-electron chi connectivity index (χ1n) is 6.01. The molecule has 0 aromatic carbocycles. The van der Waals surface area contributed by atoms with Crippen molar-refractivity contribution in [3.05, 3.63) is 0 Å². The van der Waals surface area contributed by atoms with Gasteiger partial charge in [0, 0.05) is 42.6 Å². The Kier molecular flexibility index (Phi) is 14.2. The minimum Gasteiger partial charge on any atom is -0.364 e. The van der Waals surface area contributed by atoms with Crippen molar-refractivity contribution in [2.45, 2.75) is 33.1 Å². The average molecular weight is 366 g/mol. The summed E-state index contributed by atoms with van der Waals surface area (Å²) in [5.74, 6) is 0. The van der Waals surface area contributed by atoms with E-state index < -0.39 is 0 Å². The molecule has 0 rings (SSSR count). The Labute approximate surface area is 142 Å². The van der Waals surface area contributed by atoms with Crippen molar-refractivity contribution >= 4 is 46.1 Å². The molecule has 20 heavy (non-hydrogen) atoms. The number of thiocarbonyl (C=S) groups is 2.